The van der Waals surface area contributed by atoms with Crippen LogP contribution < -0.4 is 5.32 Å². The highest BCUT2D eigenvalue weighted by Gasteiger charge is 2.18. The molecule has 20 heavy (non-hydrogen) atoms. The molecule has 0 aliphatic carbocycles. The number of nitrogens with zero attached hydrogens (tertiary/aromatic N) is 1. The van der Waals surface area contributed by atoms with Gasteiger partial charge in [-0.1, -0.05) is 25.1 Å². The van der Waals surface area contributed by atoms with Gasteiger partial charge in [-0.05, 0) is 32.5 Å². The Morgan fingerprint density at radius 2 is 2.20 bits per heavy atom. The predicted molar refractivity (Wildman–Crippen MR) is 83.0 cm³/mol. The third-order valence-corrected chi connectivity index (χ3v) is 4.30. The Morgan fingerprint density at radius 3 is 3.00 bits per heavy atom. The maximum Gasteiger partial charge on any atom is 0.134 e. The van der Waals surface area contributed by atoms with Gasteiger partial charge < -0.3 is 14.6 Å². The predicted octanol–water partition coefficient (Wildman–Crippen LogP) is 3.18. The Balaban J connectivity index is 1.76. The lowest BCUT2D eigenvalue weighted by atomic mass is 10.0. The molecular weight excluding hydrogens is 248 g/mol. The second-order valence-electron chi connectivity index (χ2n) is 5.84. The molecule has 1 aliphatic heterocycles. The van der Waals surface area contributed by atoms with Gasteiger partial charge in [-0.2, -0.15) is 0 Å². The van der Waals surface area contributed by atoms with Crippen LogP contribution in [0.2, 0.25) is 0 Å². The number of likely N-dealkylation sites (N-methyl/N-ethyl adjacent to an activating group) is 1. The fourth-order valence-corrected chi connectivity index (χ4v) is 3.21. The van der Waals surface area contributed by atoms with Gasteiger partial charge in [0.05, 0.1) is 0 Å². The minimum absolute atomic E-state index is 0.604. The molecular formula is C17H24N2O. The van der Waals surface area contributed by atoms with Crippen molar-refractivity contribution in [2.75, 3.05) is 20.1 Å². The van der Waals surface area contributed by atoms with Gasteiger partial charge in [0, 0.05) is 36.5 Å². The summed E-state index contributed by atoms with van der Waals surface area (Å²) >= 11 is 0. The molecule has 1 N–H and O–H groups in total. The summed E-state index contributed by atoms with van der Waals surface area (Å²) in [6.45, 7) is 5.46. The summed E-state index contributed by atoms with van der Waals surface area (Å²) in [6.07, 6.45) is 3.53. The number of hydrogen-bond donors (Lipinski definition) is 1. The molecule has 0 amide bonds. The first-order chi connectivity index (χ1) is 9.78. The van der Waals surface area contributed by atoms with E-state index in [-0.39, 0.29) is 0 Å². The van der Waals surface area contributed by atoms with Crippen molar-refractivity contribution in [3.8, 4) is 0 Å². The summed E-state index contributed by atoms with van der Waals surface area (Å²) in [4.78, 5) is 2.41. The maximum absolute atomic E-state index is 5.96. The first kappa shape index (κ1) is 13.7. The van der Waals surface area contributed by atoms with Crippen LogP contribution in [0.4, 0.5) is 0 Å². The number of rotatable bonds is 4. The van der Waals surface area contributed by atoms with Crippen LogP contribution in [0, 0.1) is 0 Å². The molecule has 2 aromatic rings. The lowest BCUT2D eigenvalue weighted by molar-refractivity contribution is 0.226. The van der Waals surface area contributed by atoms with Crippen LogP contribution in [-0.4, -0.2) is 31.1 Å². The molecule has 3 rings (SSSR count). The van der Waals surface area contributed by atoms with E-state index < -0.39 is 0 Å². The number of aryl methyl sites for hydroxylation is 1. The van der Waals surface area contributed by atoms with Crippen molar-refractivity contribution >= 4 is 11.0 Å². The Kier molecular flexibility index (Phi) is 4.08. The largest absolute Gasteiger partial charge is 0.461 e. The molecule has 1 atom stereocenters. The molecule has 3 heteroatoms. The maximum atomic E-state index is 5.96. The lowest BCUT2D eigenvalue weighted by Crippen LogP contribution is -2.43. The van der Waals surface area contributed by atoms with Gasteiger partial charge in [0.1, 0.15) is 11.3 Å². The average Bonchev–Trinajstić information content (AvgIpc) is 2.83. The molecule has 2 heterocycles. The summed E-state index contributed by atoms with van der Waals surface area (Å²) in [5, 5.41) is 4.98. The summed E-state index contributed by atoms with van der Waals surface area (Å²) in [7, 11) is 2.21. The molecule has 0 saturated carbocycles. The smallest absolute Gasteiger partial charge is 0.134 e. The Hall–Kier alpha value is -1.32. The van der Waals surface area contributed by atoms with Crippen molar-refractivity contribution in [3.63, 3.8) is 0 Å². The van der Waals surface area contributed by atoms with E-state index in [2.05, 4.69) is 42.4 Å². The number of benzene rings is 1. The van der Waals surface area contributed by atoms with E-state index in [4.69, 9.17) is 4.42 Å². The Morgan fingerprint density at radius 1 is 1.35 bits per heavy atom. The summed E-state index contributed by atoms with van der Waals surface area (Å²) < 4.78 is 5.96. The highest BCUT2D eigenvalue weighted by Crippen LogP contribution is 2.26. The van der Waals surface area contributed by atoms with E-state index in [0.29, 0.717) is 6.04 Å². The summed E-state index contributed by atoms with van der Waals surface area (Å²) in [6, 6.07) is 8.97. The number of nitrogens with one attached hydrogen (secondary N) is 1. The zero-order chi connectivity index (χ0) is 13.9. The molecule has 1 fully saturated rings. The van der Waals surface area contributed by atoms with Crippen LogP contribution in [0.1, 0.15) is 31.1 Å². The van der Waals surface area contributed by atoms with Crippen LogP contribution in [0.25, 0.3) is 11.0 Å². The molecule has 0 radical (unpaired) electrons. The van der Waals surface area contributed by atoms with Crippen LogP contribution in [0.15, 0.2) is 28.7 Å². The van der Waals surface area contributed by atoms with E-state index in [1.807, 2.05) is 6.07 Å². The van der Waals surface area contributed by atoms with Crippen molar-refractivity contribution in [1.82, 2.24) is 10.2 Å². The van der Waals surface area contributed by atoms with Crippen LogP contribution in [-0.2, 0) is 13.0 Å². The van der Waals surface area contributed by atoms with Crippen LogP contribution in [0.5, 0.6) is 0 Å². The fourth-order valence-electron chi connectivity index (χ4n) is 3.21. The molecule has 1 aromatic heterocycles. The molecule has 3 nitrogen and oxygen atoms in total. The highest BCUT2D eigenvalue weighted by molar-refractivity contribution is 5.82. The second-order valence-corrected chi connectivity index (χ2v) is 5.84. The van der Waals surface area contributed by atoms with E-state index in [1.54, 1.807) is 0 Å². The lowest BCUT2D eigenvalue weighted by Gasteiger charge is -2.30. The average molecular weight is 272 g/mol. The van der Waals surface area contributed by atoms with Crippen molar-refractivity contribution in [2.24, 2.45) is 0 Å². The minimum Gasteiger partial charge on any atom is -0.461 e. The zero-order valence-electron chi connectivity index (χ0n) is 12.5. The van der Waals surface area contributed by atoms with Gasteiger partial charge in [0.2, 0.25) is 0 Å². The Bertz CT molecular complexity index is 575. The van der Waals surface area contributed by atoms with Gasteiger partial charge in [0.15, 0.2) is 0 Å². The standard InChI is InChI=1S/C17H24N2O/c1-3-16-15(14-8-4-5-9-17(14)20-16)11-18-13-7-6-10-19(2)12-13/h4-5,8-9,13,18H,3,6-7,10-12H2,1-2H3. The van der Waals surface area contributed by atoms with Crippen molar-refractivity contribution in [1.29, 1.82) is 0 Å². The number of likely N-dealkylation sites (tertiary alicyclic amines) is 1. The summed E-state index contributed by atoms with van der Waals surface area (Å²) in [5.41, 5.74) is 2.36. The van der Waals surface area contributed by atoms with E-state index >= 15 is 0 Å². The van der Waals surface area contributed by atoms with Crippen molar-refractivity contribution in [3.05, 3.63) is 35.6 Å². The first-order valence-corrected chi connectivity index (χ1v) is 7.69. The van der Waals surface area contributed by atoms with Crippen LogP contribution >= 0.6 is 0 Å². The number of fused-ring (bicyclic) bond motifs is 1. The highest BCUT2D eigenvalue weighted by atomic mass is 16.3. The second kappa shape index (κ2) is 5.98. The number of hydrogen-bond acceptors (Lipinski definition) is 3. The molecule has 1 saturated heterocycles. The zero-order valence-corrected chi connectivity index (χ0v) is 12.5. The van der Waals surface area contributed by atoms with Crippen molar-refractivity contribution < 1.29 is 4.42 Å². The van der Waals surface area contributed by atoms with Crippen molar-refractivity contribution in [2.45, 2.75) is 38.8 Å². The van der Waals surface area contributed by atoms with Gasteiger partial charge in [-0.15, -0.1) is 0 Å². The molecule has 108 valence electrons. The SMILES string of the molecule is CCc1oc2ccccc2c1CNC1CCCN(C)C1. The number of furan rings is 1. The quantitative estimate of drug-likeness (QED) is 0.926. The van der Waals surface area contributed by atoms with Gasteiger partial charge in [-0.3, -0.25) is 0 Å². The molecule has 0 bridgehead atoms. The molecule has 0 spiro atoms. The fraction of sp³-hybridized carbons (Fsp3) is 0.529. The third-order valence-electron chi connectivity index (χ3n) is 4.30. The van der Waals surface area contributed by atoms with Crippen LogP contribution in [0.3, 0.4) is 0 Å². The van der Waals surface area contributed by atoms with Gasteiger partial charge in [0.25, 0.3) is 0 Å². The minimum atomic E-state index is 0.604. The number of piperidine rings is 1. The topological polar surface area (TPSA) is 28.4 Å². The third kappa shape index (κ3) is 2.74. The van der Waals surface area contributed by atoms with E-state index in [9.17, 15) is 0 Å². The van der Waals surface area contributed by atoms with Gasteiger partial charge >= 0.3 is 0 Å². The van der Waals surface area contributed by atoms with E-state index in [0.717, 1.165) is 30.9 Å². The summed E-state index contributed by atoms with van der Waals surface area (Å²) in [5.74, 6) is 1.13. The first-order valence-electron chi connectivity index (χ1n) is 7.69. The molecule has 1 unspecified atom stereocenters. The molecule has 1 aromatic carbocycles. The normalized spacial score (nSPS) is 20.6. The molecule has 1 aliphatic rings. The van der Waals surface area contributed by atoms with E-state index in [1.165, 1.54) is 30.3 Å². The number of para-hydroxylation sites is 1. The Labute approximate surface area is 120 Å². The van der Waals surface area contributed by atoms with Gasteiger partial charge in [-0.25, -0.2) is 0 Å². The monoisotopic (exact) mass is 272 g/mol.